The molecule has 0 aromatic heterocycles. The summed E-state index contributed by atoms with van der Waals surface area (Å²) in [6.07, 6.45) is 3.40. The van der Waals surface area contributed by atoms with Crippen molar-refractivity contribution in [2.24, 2.45) is 0 Å². The van der Waals surface area contributed by atoms with Gasteiger partial charge < -0.3 is 4.74 Å². The number of sulfonamides is 1. The minimum Gasteiger partial charge on any atom is -0.469 e. The molecule has 2 atom stereocenters. The molecule has 0 saturated carbocycles. The quantitative estimate of drug-likeness (QED) is 0.715. The van der Waals surface area contributed by atoms with Gasteiger partial charge in [0.1, 0.15) is 0 Å². The zero-order valence-electron chi connectivity index (χ0n) is 11.4. The lowest BCUT2D eigenvalue weighted by Crippen LogP contribution is -2.48. The van der Waals surface area contributed by atoms with Crippen LogP contribution in [0.2, 0.25) is 0 Å². The fourth-order valence-electron chi connectivity index (χ4n) is 2.55. The maximum Gasteiger partial charge on any atom is 0.305 e. The van der Waals surface area contributed by atoms with E-state index in [1.165, 1.54) is 7.11 Å². The first kappa shape index (κ1) is 15.4. The molecule has 0 aromatic carbocycles. The maximum atomic E-state index is 12.3. The van der Waals surface area contributed by atoms with Crippen molar-refractivity contribution in [3.8, 4) is 0 Å². The summed E-state index contributed by atoms with van der Waals surface area (Å²) in [6.45, 7) is 3.90. The normalized spacial score (nSPS) is 25.9. The molecule has 1 heterocycles. The molecule has 0 spiro atoms. The van der Waals surface area contributed by atoms with E-state index in [9.17, 15) is 13.2 Å². The Hall–Kier alpha value is -0.620. The van der Waals surface area contributed by atoms with Gasteiger partial charge in [0.15, 0.2) is 0 Å². The number of methoxy groups -OCH3 is 1. The van der Waals surface area contributed by atoms with Crippen LogP contribution in [0, 0.1) is 0 Å². The second-order valence-corrected chi connectivity index (χ2v) is 6.95. The van der Waals surface area contributed by atoms with Gasteiger partial charge in [-0.1, -0.05) is 6.42 Å². The molecular formula is C12H23NO4S. The van der Waals surface area contributed by atoms with Crippen LogP contribution in [0.15, 0.2) is 0 Å². The first-order valence-corrected chi connectivity index (χ1v) is 8.07. The smallest absolute Gasteiger partial charge is 0.305 e. The second kappa shape index (κ2) is 6.52. The number of hydrogen-bond acceptors (Lipinski definition) is 4. The molecule has 5 nitrogen and oxygen atoms in total. The molecule has 0 radical (unpaired) electrons. The Kier molecular flexibility index (Phi) is 5.59. The van der Waals surface area contributed by atoms with Crippen molar-refractivity contribution in [2.75, 3.05) is 12.9 Å². The fourth-order valence-corrected chi connectivity index (χ4v) is 4.58. The van der Waals surface area contributed by atoms with E-state index in [1.54, 1.807) is 4.31 Å². The van der Waals surface area contributed by atoms with Gasteiger partial charge in [-0.15, -0.1) is 0 Å². The van der Waals surface area contributed by atoms with E-state index >= 15 is 0 Å². The Morgan fingerprint density at radius 1 is 1.28 bits per heavy atom. The van der Waals surface area contributed by atoms with Crippen molar-refractivity contribution < 1.29 is 17.9 Å². The summed E-state index contributed by atoms with van der Waals surface area (Å²) in [5.74, 6) is -0.332. The van der Waals surface area contributed by atoms with Gasteiger partial charge in [0.05, 0.1) is 12.9 Å². The van der Waals surface area contributed by atoms with Crippen LogP contribution in [0.25, 0.3) is 0 Å². The Morgan fingerprint density at radius 3 is 2.33 bits per heavy atom. The summed E-state index contributed by atoms with van der Waals surface area (Å²) in [4.78, 5) is 11.0. The third-order valence-corrected chi connectivity index (χ3v) is 5.61. The largest absolute Gasteiger partial charge is 0.469 e. The molecule has 0 bridgehead atoms. The fraction of sp³-hybridized carbons (Fsp3) is 0.917. The van der Waals surface area contributed by atoms with Crippen molar-refractivity contribution in [1.29, 1.82) is 0 Å². The van der Waals surface area contributed by atoms with Crippen molar-refractivity contribution in [3.63, 3.8) is 0 Å². The van der Waals surface area contributed by atoms with Crippen LogP contribution in [0.5, 0.6) is 0 Å². The first-order valence-electron chi connectivity index (χ1n) is 6.46. The van der Waals surface area contributed by atoms with Crippen LogP contribution >= 0.6 is 0 Å². The number of carbonyl (C=O) groups is 1. The van der Waals surface area contributed by atoms with Crippen molar-refractivity contribution in [2.45, 2.75) is 58.0 Å². The van der Waals surface area contributed by atoms with Crippen molar-refractivity contribution in [1.82, 2.24) is 4.31 Å². The monoisotopic (exact) mass is 277 g/mol. The lowest BCUT2D eigenvalue weighted by atomic mass is 10.0. The topological polar surface area (TPSA) is 63.7 Å². The molecule has 1 saturated heterocycles. The molecule has 1 aliphatic rings. The molecule has 18 heavy (non-hydrogen) atoms. The van der Waals surface area contributed by atoms with Crippen LogP contribution in [0.3, 0.4) is 0 Å². The highest BCUT2D eigenvalue weighted by atomic mass is 32.2. The first-order chi connectivity index (χ1) is 8.38. The molecular weight excluding hydrogens is 254 g/mol. The van der Waals surface area contributed by atoms with Gasteiger partial charge in [-0.2, -0.15) is 4.31 Å². The van der Waals surface area contributed by atoms with E-state index < -0.39 is 10.0 Å². The molecule has 0 aliphatic carbocycles. The number of rotatable bonds is 5. The molecule has 0 N–H and O–H groups in total. The Morgan fingerprint density at radius 2 is 1.83 bits per heavy atom. The summed E-state index contributed by atoms with van der Waals surface area (Å²) in [7, 11) is -1.95. The Balaban J connectivity index is 2.59. The van der Waals surface area contributed by atoms with Gasteiger partial charge in [0.25, 0.3) is 0 Å². The van der Waals surface area contributed by atoms with Crippen LogP contribution in [0.4, 0.5) is 0 Å². The Bertz CT molecular complexity index is 370. The minimum atomic E-state index is -3.26. The van der Waals surface area contributed by atoms with Gasteiger partial charge in [-0.25, -0.2) is 8.42 Å². The third kappa shape index (κ3) is 3.95. The number of carbonyl (C=O) groups excluding carboxylic acids is 1. The van der Waals surface area contributed by atoms with Crippen LogP contribution in [-0.2, 0) is 19.6 Å². The van der Waals surface area contributed by atoms with Crippen LogP contribution in [-0.4, -0.2) is 43.6 Å². The van der Waals surface area contributed by atoms with Gasteiger partial charge in [0, 0.05) is 18.5 Å². The highest BCUT2D eigenvalue weighted by Crippen LogP contribution is 2.26. The minimum absolute atomic E-state index is 0.0246. The standard InChI is InChI=1S/C12H23NO4S/c1-10-6-4-7-11(2)13(10)18(15,16)9-5-8-12(14)17-3/h10-11H,4-9H2,1-3H3. The van der Waals surface area contributed by atoms with Gasteiger partial charge in [-0.05, 0) is 33.1 Å². The molecule has 106 valence electrons. The zero-order chi connectivity index (χ0) is 13.8. The summed E-state index contributed by atoms with van der Waals surface area (Å²) in [6, 6.07) is 0.133. The highest BCUT2D eigenvalue weighted by molar-refractivity contribution is 7.89. The van der Waals surface area contributed by atoms with E-state index in [1.807, 2.05) is 13.8 Å². The number of piperidine rings is 1. The number of esters is 1. The summed E-state index contributed by atoms with van der Waals surface area (Å²) >= 11 is 0. The van der Waals surface area contributed by atoms with E-state index in [-0.39, 0.29) is 30.2 Å². The lowest BCUT2D eigenvalue weighted by molar-refractivity contribution is -0.140. The number of nitrogens with zero attached hydrogens (tertiary/aromatic N) is 1. The lowest BCUT2D eigenvalue weighted by Gasteiger charge is -2.37. The predicted molar refractivity (Wildman–Crippen MR) is 69.7 cm³/mol. The number of hydrogen-bond donors (Lipinski definition) is 0. The second-order valence-electron chi connectivity index (χ2n) is 4.95. The van der Waals surface area contributed by atoms with Crippen LogP contribution in [0.1, 0.15) is 46.0 Å². The Labute approximate surface area is 110 Å². The summed E-state index contributed by atoms with van der Waals surface area (Å²) in [5.41, 5.74) is 0. The van der Waals surface area contributed by atoms with Gasteiger partial charge in [-0.3, -0.25) is 4.79 Å². The molecule has 1 fully saturated rings. The van der Waals surface area contributed by atoms with Gasteiger partial charge >= 0.3 is 5.97 Å². The molecule has 6 heteroatoms. The summed E-state index contributed by atoms with van der Waals surface area (Å²) in [5, 5.41) is 0. The van der Waals surface area contributed by atoms with Crippen molar-refractivity contribution in [3.05, 3.63) is 0 Å². The average molecular weight is 277 g/mol. The maximum absolute atomic E-state index is 12.3. The molecule has 2 unspecified atom stereocenters. The predicted octanol–water partition coefficient (Wildman–Crippen LogP) is 1.53. The van der Waals surface area contributed by atoms with Gasteiger partial charge in [0.2, 0.25) is 10.0 Å². The molecule has 0 amide bonds. The number of ether oxygens (including phenoxy) is 1. The zero-order valence-corrected chi connectivity index (χ0v) is 12.2. The van der Waals surface area contributed by atoms with Crippen LogP contribution < -0.4 is 0 Å². The molecule has 1 rings (SSSR count). The van der Waals surface area contributed by atoms with E-state index in [0.717, 1.165) is 19.3 Å². The third-order valence-electron chi connectivity index (χ3n) is 3.44. The van der Waals surface area contributed by atoms with Crippen molar-refractivity contribution >= 4 is 16.0 Å². The van der Waals surface area contributed by atoms with E-state index in [2.05, 4.69) is 4.74 Å². The highest BCUT2D eigenvalue weighted by Gasteiger charge is 2.34. The summed E-state index contributed by atoms with van der Waals surface area (Å²) < 4.78 is 30.6. The molecule has 0 aromatic rings. The van der Waals surface area contributed by atoms with E-state index in [4.69, 9.17) is 0 Å². The average Bonchev–Trinajstić information content (AvgIpc) is 2.27. The molecule has 1 aliphatic heterocycles. The van der Waals surface area contributed by atoms with E-state index in [0.29, 0.717) is 6.42 Å². The SMILES string of the molecule is COC(=O)CCCS(=O)(=O)N1C(C)CCCC1C.